The number of carbonyl (C=O) groups excluding carboxylic acids is 1. The molecule has 0 aliphatic heterocycles. The Morgan fingerprint density at radius 1 is 1.15 bits per heavy atom. The molecule has 146 valence electrons. The Kier molecular flexibility index (Phi) is 8.14. The number of nitrogens with zero attached hydrogens (tertiary/aromatic N) is 1. The molecule has 0 heterocycles. The molecule has 2 rings (SSSR count). The highest BCUT2D eigenvalue weighted by Crippen LogP contribution is 2.16. The first kappa shape index (κ1) is 20.8. The molecule has 5 heteroatoms. The van der Waals surface area contributed by atoms with Crippen molar-refractivity contribution in [3.8, 4) is 11.5 Å². The lowest BCUT2D eigenvalue weighted by molar-refractivity contribution is -0.142. The zero-order chi connectivity index (χ0) is 19.6. The van der Waals surface area contributed by atoms with Crippen molar-refractivity contribution in [2.45, 2.75) is 33.0 Å². The van der Waals surface area contributed by atoms with E-state index in [0.717, 1.165) is 29.0 Å². The summed E-state index contributed by atoms with van der Waals surface area (Å²) in [4.78, 5) is 14.1. The third-order valence-electron chi connectivity index (χ3n) is 4.35. The minimum atomic E-state index is -0.501. The summed E-state index contributed by atoms with van der Waals surface area (Å²) in [5, 5.41) is 0. The van der Waals surface area contributed by atoms with Gasteiger partial charge in [-0.05, 0) is 49.6 Å². The third kappa shape index (κ3) is 6.61. The summed E-state index contributed by atoms with van der Waals surface area (Å²) >= 11 is 0. The van der Waals surface area contributed by atoms with Gasteiger partial charge >= 0.3 is 0 Å². The smallest absolute Gasteiger partial charge is 0.251 e. The van der Waals surface area contributed by atoms with E-state index in [-0.39, 0.29) is 5.91 Å². The average molecular weight is 371 g/mol. The number of likely N-dealkylation sites (N-methyl/N-ethyl adjacent to an activating group) is 1. The average Bonchev–Trinajstić information content (AvgIpc) is 2.70. The molecule has 1 unspecified atom stereocenters. The van der Waals surface area contributed by atoms with Crippen molar-refractivity contribution in [1.82, 2.24) is 4.90 Å². The van der Waals surface area contributed by atoms with E-state index in [9.17, 15) is 4.79 Å². The number of aryl methyl sites for hydroxylation is 1. The Labute approximate surface area is 161 Å². The summed E-state index contributed by atoms with van der Waals surface area (Å²) in [5.74, 6) is 1.64. The third-order valence-corrected chi connectivity index (χ3v) is 4.35. The Morgan fingerprint density at radius 2 is 1.93 bits per heavy atom. The molecule has 0 spiro atoms. The van der Waals surface area contributed by atoms with Crippen LogP contribution in [0.15, 0.2) is 48.5 Å². The fourth-order valence-electron chi connectivity index (χ4n) is 2.68. The van der Waals surface area contributed by atoms with E-state index < -0.39 is 6.10 Å². The lowest BCUT2D eigenvalue weighted by Gasteiger charge is -2.22. The van der Waals surface area contributed by atoms with Crippen molar-refractivity contribution in [3.63, 3.8) is 0 Å². The minimum absolute atomic E-state index is 0.0335. The van der Waals surface area contributed by atoms with Crippen LogP contribution in [0.2, 0.25) is 0 Å². The van der Waals surface area contributed by atoms with Gasteiger partial charge in [-0.25, -0.2) is 0 Å². The minimum Gasteiger partial charge on any atom is -0.497 e. The lowest BCUT2D eigenvalue weighted by Crippen LogP contribution is -2.37. The van der Waals surface area contributed by atoms with Crippen LogP contribution >= 0.6 is 0 Å². The van der Waals surface area contributed by atoms with Crippen LogP contribution in [0.1, 0.15) is 24.5 Å². The Balaban J connectivity index is 1.71. The van der Waals surface area contributed by atoms with Gasteiger partial charge in [0, 0.05) is 13.6 Å². The summed E-state index contributed by atoms with van der Waals surface area (Å²) in [6.45, 7) is 5.36. The highest BCUT2D eigenvalue weighted by Gasteiger charge is 2.18. The molecule has 0 bridgehead atoms. The maximum Gasteiger partial charge on any atom is 0.251 e. The van der Waals surface area contributed by atoms with Gasteiger partial charge in [-0.1, -0.05) is 30.3 Å². The zero-order valence-corrected chi connectivity index (χ0v) is 16.6. The molecule has 1 amide bonds. The van der Waals surface area contributed by atoms with Gasteiger partial charge in [0.05, 0.1) is 20.3 Å². The molecule has 0 aromatic heterocycles. The van der Waals surface area contributed by atoms with Crippen LogP contribution in [0.25, 0.3) is 0 Å². The summed E-state index contributed by atoms with van der Waals surface area (Å²) < 4.78 is 16.7. The van der Waals surface area contributed by atoms with E-state index in [1.54, 1.807) is 26.0 Å². The molecule has 0 aliphatic rings. The van der Waals surface area contributed by atoms with E-state index >= 15 is 0 Å². The number of hydrogen-bond acceptors (Lipinski definition) is 4. The highest BCUT2D eigenvalue weighted by molar-refractivity contribution is 5.80. The number of para-hydroxylation sites is 1. The van der Waals surface area contributed by atoms with E-state index in [2.05, 4.69) is 0 Å². The van der Waals surface area contributed by atoms with E-state index in [1.165, 1.54) is 0 Å². The molecule has 0 aliphatic carbocycles. The molecule has 0 N–H and O–H groups in total. The first-order chi connectivity index (χ1) is 13.0. The van der Waals surface area contributed by atoms with E-state index in [4.69, 9.17) is 14.2 Å². The molecular formula is C22H29NO4. The SMILES string of the molecule is COc1cccc(COC(C)C(=O)N(C)CCCOc2ccccc2C)c1. The van der Waals surface area contributed by atoms with Gasteiger partial charge in [0.25, 0.3) is 5.91 Å². The number of rotatable bonds is 10. The van der Waals surface area contributed by atoms with Gasteiger partial charge in [-0.2, -0.15) is 0 Å². The Bertz CT molecular complexity index is 732. The Hall–Kier alpha value is -2.53. The molecule has 2 aromatic rings. The van der Waals surface area contributed by atoms with Crippen LogP contribution in [0.3, 0.4) is 0 Å². The highest BCUT2D eigenvalue weighted by atomic mass is 16.5. The first-order valence-corrected chi connectivity index (χ1v) is 9.19. The monoisotopic (exact) mass is 371 g/mol. The summed E-state index contributed by atoms with van der Waals surface area (Å²) in [5.41, 5.74) is 2.09. The topological polar surface area (TPSA) is 48.0 Å². The molecule has 0 fully saturated rings. The fourth-order valence-corrected chi connectivity index (χ4v) is 2.68. The Morgan fingerprint density at radius 3 is 2.67 bits per heavy atom. The predicted molar refractivity (Wildman–Crippen MR) is 106 cm³/mol. The van der Waals surface area contributed by atoms with Gasteiger partial charge in [-0.15, -0.1) is 0 Å². The van der Waals surface area contributed by atoms with Gasteiger partial charge in [0.2, 0.25) is 0 Å². The normalized spacial score (nSPS) is 11.7. The van der Waals surface area contributed by atoms with Crippen molar-refractivity contribution < 1.29 is 19.0 Å². The van der Waals surface area contributed by atoms with Crippen LogP contribution in [0.4, 0.5) is 0 Å². The van der Waals surface area contributed by atoms with Crippen molar-refractivity contribution >= 4 is 5.91 Å². The number of amides is 1. The van der Waals surface area contributed by atoms with Crippen LogP contribution < -0.4 is 9.47 Å². The lowest BCUT2D eigenvalue weighted by atomic mass is 10.2. The largest absolute Gasteiger partial charge is 0.497 e. The molecule has 1 atom stereocenters. The second-order valence-corrected chi connectivity index (χ2v) is 6.53. The summed E-state index contributed by atoms with van der Waals surface area (Å²) in [6, 6.07) is 15.6. The second kappa shape index (κ2) is 10.6. The summed E-state index contributed by atoms with van der Waals surface area (Å²) in [7, 11) is 3.42. The molecule has 0 saturated carbocycles. The van der Waals surface area contributed by atoms with Gasteiger partial charge < -0.3 is 19.1 Å². The number of carbonyl (C=O) groups is 1. The maximum absolute atomic E-state index is 12.4. The van der Waals surface area contributed by atoms with Gasteiger partial charge in [0.1, 0.15) is 17.6 Å². The van der Waals surface area contributed by atoms with E-state index in [0.29, 0.717) is 19.8 Å². The standard InChI is InChI=1S/C22H29NO4/c1-17-9-5-6-12-21(17)26-14-8-13-23(3)22(24)18(2)27-16-19-10-7-11-20(15-19)25-4/h5-7,9-12,15,18H,8,13-14,16H2,1-4H3. The van der Waals surface area contributed by atoms with Crippen LogP contribution in [-0.2, 0) is 16.1 Å². The van der Waals surface area contributed by atoms with Crippen molar-refractivity contribution in [3.05, 3.63) is 59.7 Å². The fraction of sp³-hybridized carbons (Fsp3) is 0.409. The number of ether oxygens (including phenoxy) is 3. The quantitative estimate of drug-likeness (QED) is 0.596. The zero-order valence-electron chi connectivity index (χ0n) is 16.6. The number of hydrogen-bond donors (Lipinski definition) is 0. The first-order valence-electron chi connectivity index (χ1n) is 9.19. The van der Waals surface area contributed by atoms with Crippen molar-refractivity contribution in [1.29, 1.82) is 0 Å². The molecule has 0 saturated heterocycles. The van der Waals surface area contributed by atoms with E-state index in [1.807, 2.05) is 55.5 Å². The second-order valence-electron chi connectivity index (χ2n) is 6.53. The molecule has 27 heavy (non-hydrogen) atoms. The molecule has 5 nitrogen and oxygen atoms in total. The molecule has 2 aromatic carbocycles. The van der Waals surface area contributed by atoms with Crippen LogP contribution in [0, 0.1) is 6.92 Å². The molecular weight excluding hydrogens is 342 g/mol. The number of methoxy groups -OCH3 is 1. The maximum atomic E-state index is 12.4. The van der Waals surface area contributed by atoms with Crippen molar-refractivity contribution in [2.24, 2.45) is 0 Å². The molecule has 0 radical (unpaired) electrons. The van der Waals surface area contributed by atoms with Gasteiger partial charge in [-0.3, -0.25) is 4.79 Å². The van der Waals surface area contributed by atoms with Crippen LogP contribution in [0.5, 0.6) is 11.5 Å². The predicted octanol–water partition coefficient (Wildman–Crippen LogP) is 3.84. The van der Waals surface area contributed by atoms with Gasteiger partial charge in [0.15, 0.2) is 0 Å². The number of benzene rings is 2. The summed E-state index contributed by atoms with van der Waals surface area (Å²) in [6.07, 6.45) is 0.262. The van der Waals surface area contributed by atoms with Crippen molar-refractivity contribution in [2.75, 3.05) is 27.3 Å². The van der Waals surface area contributed by atoms with Crippen LogP contribution in [-0.4, -0.2) is 44.2 Å².